The lowest BCUT2D eigenvalue weighted by atomic mass is 10.1. The largest absolute Gasteiger partial charge is 0.468 e. The van der Waals surface area contributed by atoms with Crippen molar-refractivity contribution in [2.24, 2.45) is 0 Å². The lowest BCUT2D eigenvalue weighted by Gasteiger charge is -2.11. The van der Waals surface area contributed by atoms with E-state index < -0.39 is 0 Å². The normalized spacial score (nSPS) is 12.1. The topological polar surface area (TPSA) is 43.4 Å². The summed E-state index contributed by atoms with van der Waals surface area (Å²) in [7, 11) is 1.41. The molecule has 0 amide bonds. The summed E-state index contributed by atoms with van der Waals surface area (Å²) in [6, 6.07) is 16.9. The van der Waals surface area contributed by atoms with Gasteiger partial charge in [-0.3, -0.25) is 9.59 Å². The lowest BCUT2D eigenvalue weighted by molar-refractivity contribution is -0.140. The Morgan fingerprint density at radius 3 is 2.33 bits per heavy atom. The van der Waals surface area contributed by atoms with Crippen molar-refractivity contribution in [3.8, 4) is 0 Å². The van der Waals surface area contributed by atoms with Crippen molar-refractivity contribution in [1.82, 2.24) is 0 Å². The summed E-state index contributed by atoms with van der Waals surface area (Å²) in [5.74, 6) is -0.231. The van der Waals surface area contributed by atoms with E-state index in [9.17, 15) is 9.59 Å². The Kier molecular flexibility index (Phi) is 6.82. The molecular formula is C20H20O3S. The fraction of sp³-hybridized carbons (Fsp3) is 0.200. The molecule has 0 heterocycles. The van der Waals surface area contributed by atoms with Gasteiger partial charge >= 0.3 is 5.97 Å². The Balaban J connectivity index is 2.00. The summed E-state index contributed by atoms with van der Waals surface area (Å²) < 4.78 is 4.80. The first-order valence-corrected chi connectivity index (χ1v) is 8.64. The van der Waals surface area contributed by atoms with Crippen LogP contribution in [0.4, 0.5) is 0 Å². The van der Waals surface area contributed by atoms with Gasteiger partial charge in [0.2, 0.25) is 0 Å². The zero-order chi connectivity index (χ0) is 17.4. The van der Waals surface area contributed by atoms with E-state index in [0.29, 0.717) is 12.0 Å². The van der Waals surface area contributed by atoms with Crippen molar-refractivity contribution in [3.63, 3.8) is 0 Å². The number of hydrogen-bond acceptors (Lipinski definition) is 4. The Bertz CT molecular complexity index is 705. The van der Waals surface area contributed by atoms with Crippen molar-refractivity contribution in [3.05, 3.63) is 71.8 Å². The van der Waals surface area contributed by atoms with E-state index in [-0.39, 0.29) is 17.0 Å². The summed E-state index contributed by atoms with van der Waals surface area (Å²) in [6.07, 6.45) is 4.08. The van der Waals surface area contributed by atoms with Gasteiger partial charge < -0.3 is 4.74 Å². The molecule has 0 aliphatic heterocycles. The molecule has 0 aromatic heterocycles. The van der Waals surface area contributed by atoms with Gasteiger partial charge in [0, 0.05) is 10.5 Å². The fourth-order valence-corrected chi connectivity index (χ4v) is 3.10. The number of hydrogen-bond donors (Lipinski definition) is 0. The van der Waals surface area contributed by atoms with Crippen LogP contribution in [0.2, 0.25) is 0 Å². The smallest absolute Gasteiger partial charge is 0.319 e. The van der Waals surface area contributed by atoms with Gasteiger partial charge in [0.05, 0.1) is 7.11 Å². The van der Waals surface area contributed by atoms with Crippen LogP contribution in [0.3, 0.4) is 0 Å². The van der Waals surface area contributed by atoms with E-state index in [1.165, 1.54) is 18.9 Å². The zero-order valence-corrected chi connectivity index (χ0v) is 14.6. The first kappa shape index (κ1) is 18.0. The average molecular weight is 340 g/mol. The number of ether oxygens (including phenoxy) is 1. The van der Waals surface area contributed by atoms with Crippen LogP contribution in [0, 0.1) is 0 Å². The maximum atomic E-state index is 12.0. The third-order valence-corrected chi connectivity index (χ3v) is 4.83. The molecule has 0 saturated carbocycles. The van der Waals surface area contributed by atoms with E-state index in [4.69, 9.17) is 4.74 Å². The van der Waals surface area contributed by atoms with Crippen molar-refractivity contribution >= 4 is 29.6 Å². The number of rotatable bonds is 7. The minimum absolute atomic E-state index is 0.0224. The summed E-state index contributed by atoms with van der Waals surface area (Å²) in [5, 5.41) is -0.198. The average Bonchev–Trinajstić information content (AvgIpc) is 2.65. The van der Waals surface area contributed by atoms with Gasteiger partial charge in [0.15, 0.2) is 5.78 Å². The number of esters is 1. The molecule has 4 heteroatoms. The predicted molar refractivity (Wildman–Crippen MR) is 98.2 cm³/mol. The molecule has 0 N–H and O–H groups in total. The molecule has 0 fully saturated rings. The molecule has 2 aromatic rings. The van der Waals surface area contributed by atoms with Crippen LogP contribution in [0.1, 0.15) is 29.3 Å². The molecule has 0 spiro atoms. The van der Waals surface area contributed by atoms with Crippen LogP contribution in [-0.4, -0.2) is 24.1 Å². The highest BCUT2D eigenvalue weighted by atomic mass is 32.2. The molecule has 0 bridgehead atoms. The molecule has 1 unspecified atom stereocenters. The fourth-order valence-electron chi connectivity index (χ4n) is 2.12. The second-order valence-corrected chi connectivity index (χ2v) is 6.45. The number of benzene rings is 2. The van der Waals surface area contributed by atoms with Crippen LogP contribution >= 0.6 is 11.8 Å². The third kappa shape index (κ3) is 5.10. The highest BCUT2D eigenvalue weighted by Gasteiger charge is 2.17. The summed E-state index contributed by atoms with van der Waals surface area (Å²) in [4.78, 5) is 24.7. The van der Waals surface area contributed by atoms with Gasteiger partial charge in [-0.05, 0) is 30.2 Å². The van der Waals surface area contributed by atoms with Crippen LogP contribution in [0.5, 0.6) is 0 Å². The Morgan fingerprint density at radius 1 is 1.08 bits per heavy atom. The van der Waals surface area contributed by atoms with Crippen LogP contribution in [0.15, 0.2) is 65.6 Å². The molecule has 0 radical (unpaired) electrons. The number of thioether (sulfide) groups is 1. The molecule has 0 aliphatic rings. The SMILES string of the molecule is CCC(Sc1ccc(/C=C/C(=O)c2ccccc2)cc1)C(=O)OC. The molecule has 0 saturated heterocycles. The maximum absolute atomic E-state index is 12.0. The first-order chi connectivity index (χ1) is 11.6. The first-order valence-electron chi connectivity index (χ1n) is 7.76. The molecule has 1 atom stereocenters. The Morgan fingerprint density at radius 2 is 1.75 bits per heavy atom. The van der Waals surface area contributed by atoms with Gasteiger partial charge in [0.1, 0.15) is 5.25 Å². The summed E-state index contributed by atoms with van der Waals surface area (Å²) in [6.45, 7) is 1.96. The Labute approximate surface area is 146 Å². The molecule has 3 nitrogen and oxygen atoms in total. The van der Waals surface area contributed by atoms with Gasteiger partial charge in [-0.1, -0.05) is 55.5 Å². The molecule has 124 valence electrons. The summed E-state index contributed by atoms with van der Waals surface area (Å²) >= 11 is 1.49. The number of carbonyl (C=O) groups excluding carboxylic acids is 2. The maximum Gasteiger partial charge on any atom is 0.319 e. The van der Waals surface area contributed by atoms with Crippen LogP contribution < -0.4 is 0 Å². The molecule has 24 heavy (non-hydrogen) atoms. The van der Waals surface area contributed by atoms with E-state index in [2.05, 4.69) is 0 Å². The monoisotopic (exact) mass is 340 g/mol. The molecule has 2 aromatic carbocycles. The van der Waals surface area contributed by atoms with Gasteiger partial charge in [-0.2, -0.15) is 0 Å². The predicted octanol–water partition coefficient (Wildman–Crippen LogP) is 4.63. The van der Waals surface area contributed by atoms with E-state index in [0.717, 1.165) is 10.5 Å². The molecular weight excluding hydrogens is 320 g/mol. The number of methoxy groups -OCH3 is 1. The van der Waals surface area contributed by atoms with Crippen LogP contribution in [0.25, 0.3) is 6.08 Å². The quantitative estimate of drug-likeness (QED) is 0.319. The summed E-state index contributed by atoms with van der Waals surface area (Å²) in [5.41, 5.74) is 1.61. The minimum Gasteiger partial charge on any atom is -0.468 e. The minimum atomic E-state index is -0.208. The zero-order valence-electron chi connectivity index (χ0n) is 13.8. The molecule has 0 aliphatic carbocycles. The van der Waals surface area contributed by atoms with Gasteiger partial charge in [0.25, 0.3) is 0 Å². The van der Waals surface area contributed by atoms with Gasteiger partial charge in [-0.15, -0.1) is 11.8 Å². The highest BCUT2D eigenvalue weighted by molar-refractivity contribution is 8.00. The van der Waals surface area contributed by atoms with Crippen molar-refractivity contribution in [2.45, 2.75) is 23.5 Å². The lowest BCUT2D eigenvalue weighted by Crippen LogP contribution is -2.17. The second kappa shape index (κ2) is 9.08. The number of allylic oxidation sites excluding steroid dienone is 1. The number of carbonyl (C=O) groups is 2. The van der Waals surface area contributed by atoms with Crippen molar-refractivity contribution < 1.29 is 14.3 Å². The van der Waals surface area contributed by atoms with Crippen LogP contribution in [-0.2, 0) is 9.53 Å². The van der Waals surface area contributed by atoms with E-state index in [1.54, 1.807) is 24.3 Å². The van der Waals surface area contributed by atoms with Gasteiger partial charge in [-0.25, -0.2) is 0 Å². The highest BCUT2D eigenvalue weighted by Crippen LogP contribution is 2.26. The molecule has 2 rings (SSSR count). The van der Waals surface area contributed by atoms with Crippen molar-refractivity contribution in [1.29, 1.82) is 0 Å². The van der Waals surface area contributed by atoms with Crippen molar-refractivity contribution in [2.75, 3.05) is 7.11 Å². The van der Waals surface area contributed by atoms with E-state index >= 15 is 0 Å². The van der Waals surface area contributed by atoms with E-state index in [1.807, 2.05) is 49.4 Å². The third-order valence-electron chi connectivity index (χ3n) is 3.48. The second-order valence-electron chi connectivity index (χ2n) is 5.17. The standard InChI is InChI=1S/C20H20O3S/c1-3-19(20(22)23-2)24-17-12-9-15(10-13-17)11-14-18(21)16-7-5-4-6-8-16/h4-14,19H,3H2,1-2H3/b14-11+. The Hall–Kier alpha value is -2.33. The number of ketones is 1.